The molecule has 22 heavy (non-hydrogen) atoms. The first kappa shape index (κ1) is 17.2. The summed E-state index contributed by atoms with van der Waals surface area (Å²) in [5, 5.41) is 14.8. The lowest BCUT2D eigenvalue weighted by Gasteiger charge is -2.69. The van der Waals surface area contributed by atoms with Crippen LogP contribution in [0.5, 0.6) is 0 Å². The zero-order chi connectivity index (χ0) is 16.9. The summed E-state index contributed by atoms with van der Waals surface area (Å²) in [6.45, 7) is 14.2. The Hall–Kier alpha value is -1.18. The summed E-state index contributed by atoms with van der Waals surface area (Å²) < 4.78 is 0. The van der Waals surface area contributed by atoms with Gasteiger partial charge in [-0.05, 0) is 5.92 Å². The van der Waals surface area contributed by atoms with Gasteiger partial charge in [0.05, 0.1) is 6.17 Å². The molecule has 4 aliphatic rings. The summed E-state index contributed by atoms with van der Waals surface area (Å²) >= 11 is 0. The van der Waals surface area contributed by atoms with Gasteiger partial charge in [0.2, 0.25) is 0 Å². The molecule has 0 aromatic rings. The minimum absolute atomic E-state index is 0.316. The number of nitrogens with zero attached hydrogens (tertiary/aromatic N) is 2. The molecule has 0 aliphatic carbocycles. The molecule has 4 fully saturated rings. The number of piperidine rings is 2. The monoisotopic (exact) mass is 313 g/mol. The average molecular weight is 313 g/mol. The molecule has 4 bridgehead atoms. The second-order valence-electron chi connectivity index (χ2n) is 7.86. The van der Waals surface area contributed by atoms with Gasteiger partial charge in [-0.2, -0.15) is 0 Å². The van der Waals surface area contributed by atoms with Crippen molar-refractivity contribution in [1.82, 2.24) is 9.80 Å². The van der Waals surface area contributed by atoms with Crippen LogP contribution in [0.2, 0.25) is 0 Å². The van der Waals surface area contributed by atoms with Gasteiger partial charge < -0.3 is 15.9 Å². The lowest BCUT2D eigenvalue weighted by Crippen LogP contribution is -2.81. The first-order valence-electron chi connectivity index (χ1n) is 7.70. The molecule has 4 rings (SSSR count). The third-order valence-corrected chi connectivity index (χ3v) is 5.29. The first-order chi connectivity index (χ1) is 10.00. The molecule has 0 spiro atoms. The molecule has 4 saturated heterocycles. The van der Waals surface area contributed by atoms with Crippen LogP contribution < -0.4 is 5.73 Å². The summed E-state index contributed by atoms with van der Waals surface area (Å²) in [6.07, 6.45) is 0.661. The summed E-state index contributed by atoms with van der Waals surface area (Å²) in [5.41, 5.74) is 7.14. The standard InChI is InChI=1S/C13H25N3.C2H2O4/c1-9(2)10-15-5-12(3)6-16(10)8-13(4,7-15)11(12)14;3-1(4)2(5)6/h9-11H,5-8,14H2,1-4H3;(H,3,4)(H,5,6). The number of aliphatic carboxylic acids is 2. The molecule has 0 aromatic heterocycles. The van der Waals surface area contributed by atoms with Crippen molar-refractivity contribution in [2.24, 2.45) is 22.5 Å². The van der Waals surface area contributed by atoms with Crippen molar-refractivity contribution >= 4 is 11.9 Å². The maximum absolute atomic E-state index is 9.10. The van der Waals surface area contributed by atoms with E-state index in [1.54, 1.807) is 0 Å². The van der Waals surface area contributed by atoms with Gasteiger partial charge in [0.25, 0.3) is 0 Å². The van der Waals surface area contributed by atoms with E-state index in [9.17, 15) is 0 Å². The average Bonchev–Trinajstić information content (AvgIpc) is 2.34. The fraction of sp³-hybridized carbons (Fsp3) is 0.867. The predicted octanol–water partition coefficient (Wildman–Crippen LogP) is 0.109. The Bertz CT molecular complexity index is 429. The molecule has 0 saturated carbocycles. The highest BCUT2D eigenvalue weighted by Crippen LogP contribution is 2.50. The lowest BCUT2D eigenvalue weighted by atomic mass is 9.59. The maximum Gasteiger partial charge on any atom is 0.414 e. The van der Waals surface area contributed by atoms with Crippen molar-refractivity contribution in [2.75, 3.05) is 26.2 Å². The van der Waals surface area contributed by atoms with Crippen LogP contribution in [0.4, 0.5) is 0 Å². The van der Waals surface area contributed by atoms with Crippen LogP contribution in [0.15, 0.2) is 0 Å². The highest BCUT2D eigenvalue weighted by atomic mass is 16.4. The second kappa shape index (κ2) is 5.47. The molecule has 0 atom stereocenters. The molecule has 126 valence electrons. The van der Waals surface area contributed by atoms with Crippen LogP contribution in [0.1, 0.15) is 27.7 Å². The summed E-state index contributed by atoms with van der Waals surface area (Å²) in [5.74, 6) is -2.92. The SMILES string of the molecule is CC(C)C1N2CC3(C)CN1CC(C)(C2)C3N.O=C(O)C(=O)O. The largest absolute Gasteiger partial charge is 0.473 e. The van der Waals surface area contributed by atoms with Crippen LogP contribution in [0.25, 0.3) is 0 Å². The quantitative estimate of drug-likeness (QED) is 0.590. The van der Waals surface area contributed by atoms with Gasteiger partial charge in [-0.3, -0.25) is 9.80 Å². The number of rotatable bonds is 1. The zero-order valence-electron chi connectivity index (χ0n) is 13.7. The van der Waals surface area contributed by atoms with Crippen molar-refractivity contribution < 1.29 is 19.8 Å². The van der Waals surface area contributed by atoms with Gasteiger partial charge in [0.15, 0.2) is 0 Å². The third kappa shape index (κ3) is 2.73. The van der Waals surface area contributed by atoms with E-state index in [0.29, 0.717) is 23.0 Å². The van der Waals surface area contributed by atoms with Crippen LogP contribution in [0, 0.1) is 16.7 Å². The fourth-order valence-corrected chi connectivity index (χ4v) is 4.75. The molecular formula is C15H27N3O4. The predicted molar refractivity (Wildman–Crippen MR) is 81.2 cm³/mol. The van der Waals surface area contributed by atoms with Gasteiger partial charge in [-0.15, -0.1) is 0 Å². The van der Waals surface area contributed by atoms with Crippen LogP contribution >= 0.6 is 0 Å². The van der Waals surface area contributed by atoms with Crippen LogP contribution in [-0.4, -0.2) is 70.3 Å². The number of carboxylic acid groups (broad SMARTS) is 2. The molecule has 4 aliphatic heterocycles. The maximum atomic E-state index is 9.10. The Morgan fingerprint density at radius 1 is 1.00 bits per heavy atom. The molecular weight excluding hydrogens is 286 g/mol. The third-order valence-electron chi connectivity index (χ3n) is 5.29. The molecule has 7 heteroatoms. The van der Waals surface area contributed by atoms with Gasteiger partial charge in [0, 0.05) is 43.1 Å². The molecule has 0 radical (unpaired) electrons. The molecule has 4 heterocycles. The number of hydrogen-bond acceptors (Lipinski definition) is 5. The van der Waals surface area contributed by atoms with Crippen molar-refractivity contribution in [1.29, 1.82) is 0 Å². The summed E-state index contributed by atoms with van der Waals surface area (Å²) in [6, 6.07) is 0.376. The number of hydrogen-bond donors (Lipinski definition) is 3. The molecule has 0 aromatic carbocycles. The van der Waals surface area contributed by atoms with Crippen molar-refractivity contribution in [3.8, 4) is 0 Å². The van der Waals surface area contributed by atoms with Gasteiger partial charge in [-0.25, -0.2) is 9.59 Å². The Morgan fingerprint density at radius 2 is 1.32 bits per heavy atom. The highest BCUT2D eigenvalue weighted by molar-refractivity contribution is 6.27. The second-order valence-corrected chi connectivity index (χ2v) is 7.86. The normalized spacial score (nSPS) is 45.4. The van der Waals surface area contributed by atoms with E-state index in [2.05, 4.69) is 37.5 Å². The van der Waals surface area contributed by atoms with E-state index in [1.165, 1.54) is 26.2 Å². The molecule has 0 amide bonds. The van der Waals surface area contributed by atoms with Crippen molar-refractivity contribution in [3.63, 3.8) is 0 Å². The van der Waals surface area contributed by atoms with Crippen molar-refractivity contribution in [3.05, 3.63) is 0 Å². The molecule has 0 unspecified atom stereocenters. The molecule has 7 nitrogen and oxygen atoms in total. The van der Waals surface area contributed by atoms with Gasteiger partial charge >= 0.3 is 11.9 Å². The van der Waals surface area contributed by atoms with Crippen molar-refractivity contribution in [2.45, 2.75) is 39.9 Å². The minimum atomic E-state index is -1.82. The van der Waals surface area contributed by atoms with E-state index >= 15 is 0 Å². The van der Waals surface area contributed by atoms with E-state index in [-0.39, 0.29) is 0 Å². The Balaban J connectivity index is 0.000000254. The van der Waals surface area contributed by atoms with Gasteiger partial charge in [0.1, 0.15) is 0 Å². The number of carboxylic acids is 2. The molecule has 4 N–H and O–H groups in total. The first-order valence-corrected chi connectivity index (χ1v) is 7.70. The van der Waals surface area contributed by atoms with Gasteiger partial charge in [-0.1, -0.05) is 27.7 Å². The Morgan fingerprint density at radius 3 is 1.55 bits per heavy atom. The number of nitrogens with two attached hydrogens (primary N) is 1. The van der Waals surface area contributed by atoms with Crippen LogP contribution in [-0.2, 0) is 9.59 Å². The van der Waals surface area contributed by atoms with E-state index in [1.807, 2.05) is 0 Å². The Labute approximate surface area is 131 Å². The van der Waals surface area contributed by atoms with Crippen LogP contribution in [0.3, 0.4) is 0 Å². The van der Waals surface area contributed by atoms with E-state index < -0.39 is 11.9 Å². The Kier molecular flexibility index (Phi) is 4.27. The smallest absolute Gasteiger partial charge is 0.414 e. The van der Waals surface area contributed by atoms with E-state index in [0.717, 1.165) is 5.92 Å². The lowest BCUT2D eigenvalue weighted by molar-refractivity contribution is -0.213. The number of carbonyl (C=O) groups is 2. The summed E-state index contributed by atoms with van der Waals surface area (Å²) in [4.78, 5) is 23.6. The summed E-state index contributed by atoms with van der Waals surface area (Å²) in [7, 11) is 0. The highest BCUT2D eigenvalue weighted by Gasteiger charge is 2.61. The topological polar surface area (TPSA) is 107 Å². The minimum Gasteiger partial charge on any atom is -0.473 e. The fourth-order valence-electron chi connectivity index (χ4n) is 4.75. The zero-order valence-corrected chi connectivity index (χ0v) is 13.7. The van der Waals surface area contributed by atoms with E-state index in [4.69, 9.17) is 25.5 Å².